The molecule has 0 saturated carbocycles. The largest absolute Gasteiger partial charge is 0.361 e. The predicted octanol–water partition coefficient (Wildman–Crippen LogP) is 0.194. The van der Waals surface area contributed by atoms with Crippen LogP contribution in [0.4, 0.5) is 0 Å². The van der Waals surface area contributed by atoms with Gasteiger partial charge in [0, 0.05) is 18.5 Å². The molecule has 0 saturated heterocycles. The van der Waals surface area contributed by atoms with Crippen molar-refractivity contribution in [2.45, 2.75) is 20.4 Å². The number of amides is 1. The fourth-order valence-electron chi connectivity index (χ4n) is 0.960. The Morgan fingerprint density at radius 1 is 1.79 bits per heavy atom. The summed E-state index contributed by atoms with van der Waals surface area (Å²) in [5.41, 5.74) is 6.07. The number of nitrogens with zero attached hydrogens (tertiary/aromatic N) is 1. The summed E-state index contributed by atoms with van der Waals surface area (Å²) in [5.74, 6) is 0.511. The number of hydrogen-bond donors (Lipinski definition) is 2. The van der Waals surface area contributed by atoms with Gasteiger partial charge in [-0.15, -0.1) is 0 Å². The predicted molar refractivity (Wildman–Crippen MR) is 51.3 cm³/mol. The maximum atomic E-state index is 11.3. The summed E-state index contributed by atoms with van der Waals surface area (Å²) < 4.78 is 4.86. The topological polar surface area (TPSA) is 81.2 Å². The molecule has 0 aromatic carbocycles. The van der Waals surface area contributed by atoms with Gasteiger partial charge < -0.3 is 15.6 Å². The molecule has 0 spiro atoms. The third-order valence-electron chi connectivity index (χ3n) is 1.92. The number of aryl methyl sites for hydroxylation is 1. The van der Waals surface area contributed by atoms with E-state index in [9.17, 15) is 4.79 Å². The van der Waals surface area contributed by atoms with Crippen LogP contribution in [0.3, 0.4) is 0 Å². The standard InChI is InChI=1S/C9H15N3O2/c1-6(4-10)9(13)11-5-8-3-7(2)14-12-8/h3,6H,4-5,10H2,1-2H3,(H,11,13). The fraction of sp³-hybridized carbons (Fsp3) is 0.556. The van der Waals surface area contributed by atoms with Crippen LogP contribution in [-0.2, 0) is 11.3 Å². The summed E-state index contributed by atoms with van der Waals surface area (Å²) in [4.78, 5) is 11.3. The lowest BCUT2D eigenvalue weighted by molar-refractivity contribution is -0.124. The van der Waals surface area contributed by atoms with Gasteiger partial charge in [0.05, 0.1) is 6.54 Å². The lowest BCUT2D eigenvalue weighted by Crippen LogP contribution is -2.32. The number of rotatable bonds is 4. The van der Waals surface area contributed by atoms with Crippen molar-refractivity contribution >= 4 is 5.91 Å². The van der Waals surface area contributed by atoms with Gasteiger partial charge in [-0.3, -0.25) is 4.79 Å². The number of aromatic nitrogens is 1. The molecule has 1 heterocycles. The highest BCUT2D eigenvalue weighted by atomic mass is 16.5. The molecule has 14 heavy (non-hydrogen) atoms. The second-order valence-corrected chi connectivity index (χ2v) is 3.28. The Bertz CT molecular complexity index is 309. The van der Waals surface area contributed by atoms with Gasteiger partial charge in [0.1, 0.15) is 11.5 Å². The van der Waals surface area contributed by atoms with Crippen LogP contribution < -0.4 is 11.1 Å². The Labute approximate surface area is 82.6 Å². The number of carbonyl (C=O) groups is 1. The van der Waals surface area contributed by atoms with Crippen molar-refractivity contribution in [3.05, 3.63) is 17.5 Å². The molecule has 1 aromatic heterocycles. The van der Waals surface area contributed by atoms with E-state index in [-0.39, 0.29) is 11.8 Å². The summed E-state index contributed by atoms with van der Waals surface area (Å²) in [6.45, 7) is 4.33. The first-order valence-electron chi connectivity index (χ1n) is 4.53. The molecule has 5 heteroatoms. The second-order valence-electron chi connectivity index (χ2n) is 3.28. The summed E-state index contributed by atoms with van der Waals surface area (Å²) >= 11 is 0. The Balaban J connectivity index is 2.37. The van der Waals surface area contributed by atoms with Gasteiger partial charge >= 0.3 is 0 Å². The highest BCUT2D eigenvalue weighted by Gasteiger charge is 2.10. The van der Waals surface area contributed by atoms with E-state index in [4.69, 9.17) is 10.3 Å². The summed E-state index contributed by atoms with van der Waals surface area (Å²) in [6.07, 6.45) is 0. The number of carbonyl (C=O) groups excluding carboxylic acids is 1. The zero-order valence-corrected chi connectivity index (χ0v) is 8.41. The maximum absolute atomic E-state index is 11.3. The smallest absolute Gasteiger partial charge is 0.224 e. The maximum Gasteiger partial charge on any atom is 0.224 e. The zero-order valence-electron chi connectivity index (χ0n) is 8.41. The molecule has 1 unspecified atom stereocenters. The summed E-state index contributed by atoms with van der Waals surface area (Å²) in [7, 11) is 0. The van der Waals surface area contributed by atoms with Crippen LogP contribution in [0.15, 0.2) is 10.6 Å². The van der Waals surface area contributed by atoms with E-state index in [1.807, 2.05) is 0 Å². The van der Waals surface area contributed by atoms with E-state index < -0.39 is 0 Å². The summed E-state index contributed by atoms with van der Waals surface area (Å²) in [5, 5.41) is 6.47. The quantitative estimate of drug-likeness (QED) is 0.722. The molecular weight excluding hydrogens is 182 g/mol. The Morgan fingerprint density at radius 2 is 2.50 bits per heavy atom. The van der Waals surface area contributed by atoms with Crippen LogP contribution >= 0.6 is 0 Å². The average molecular weight is 197 g/mol. The van der Waals surface area contributed by atoms with Crippen molar-refractivity contribution in [2.24, 2.45) is 11.7 Å². The Morgan fingerprint density at radius 3 is 3.00 bits per heavy atom. The van der Waals surface area contributed by atoms with Gasteiger partial charge in [0.25, 0.3) is 0 Å². The van der Waals surface area contributed by atoms with Crippen LogP contribution in [-0.4, -0.2) is 17.6 Å². The zero-order chi connectivity index (χ0) is 10.6. The SMILES string of the molecule is Cc1cc(CNC(=O)C(C)CN)no1. The normalized spacial score (nSPS) is 12.5. The third kappa shape index (κ3) is 2.85. The minimum absolute atomic E-state index is 0.0619. The van der Waals surface area contributed by atoms with Crippen LogP contribution in [0.25, 0.3) is 0 Å². The minimum atomic E-state index is -0.164. The molecule has 0 bridgehead atoms. The summed E-state index contributed by atoms with van der Waals surface area (Å²) in [6, 6.07) is 1.79. The molecule has 1 aromatic rings. The molecule has 78 valence electrons. The van der Waals surface area contributed by atoms with E-state index in [2.05, 4.69) is 10.5 Å². The van der Waals surface area contributed by atoms with Gasteiger partial charge in [-0.25, -0.2) is 0 Å². The molecule has 0 aliphatic carbocycles. The highest BCUT2D eigenvalue weighted by Crippen LogP contribution is 2.01. The van der Waals surface area contributed by atoms with Crippen LogP contribution in [0.2, 0.25) is 0 Å². The van der Waals surface area contributed by atoms with Crippen LogP contribution in [0, 0.1) is 12.8 Å². The third-order valence-corrected chi connectivity index (χ3v) is 1.92. The van der Waals surface area contributed by atoms with Gasteiger partial charge in [0.2, 0.25) is 5.91 Å². The molecule has 0 fully saturated rings. The first kappa shape index (κ1) is 10.7. The van der Waals surface area contributed by atoms with Crippen LogP contribution in [0.1, 0.15) is 18.4 Å². The van der Waals surface area contributed by atoms with Gasteiger partial charge in [0.15, 0.2) is 0 Å². The van der Waals surface area contributed by atoms with Crippen molar-refractivity contribution in [3.8, 4) is 0 Å². The molecule has 1 rings (SSSR count). The van der Waals surface area contributed by atoms with Crippen molar-refractivity contribution in [1.82, 2.24) is 10.5 Å². The molecule has 1 amide bonds. The lowest BCUT2D eigenvalue weighted by atomic mass is 10.2. The molecular formula is C9H15N3O2. The van der Waals surface area contributed by atoms with E-state index >= 15 is 0 Å². The second kappa shape index (κ2) is 4.76. The molecule has 0 radical (unpaired) electrons. The molecule has 1 atom stereocenters. The fourth-order valence-corrected chi connectivity index (χ4v) is 0.960. The van der Waals surface area contributed by atoms with Crippen LogP contribution in [0.5, 0.6) is 0 Å². The monoisotopic (exact) mass is 197 g/mol. The minimum Gasteiger partial charge on any atom is -0.361 e. The molecule has 3 N–H and O–H groups in total. The Hall–Kier alpha value is -1.36. The average Bonchev–Trinajstić information content (AvgIpc) is 2.59. The molecule has 0 aliphatic rings. The Kier molecular flexibility index (Phi) is 3.64. The molecule has 0 aliphatic heterocycles. The van der Waals surface area contributed by atoms with Crippen molar-refractivity contribution in [1.29, 1.82) is 0 Å². The number of nitrogens with one attached hydrogen (secondary N) is 1. The first-order valence-corrected chi connectivity index (χ1v) is 4.53. The van der Waals surface area contributed by atoms with E-state index in [1.54, 1.807) is 19.9 Å². The van der Waals surface area contributed by atoms with E-state index in [1.165, 1.54) is 0 Å². The lowest BCUT2D eigenvalue weighted by Gasteiger charge is -2.07. The van der Waals surface area contributed by atoms with Crippen molar-refractivity contribution in [2.75, 3.05) is 6.54 Å². The number of hydrogen-bond acceptors (Lipinski definition) is 4. The first-order chi connectivity index (χ1) is 6.63. The van der Waals surface area contributed by atoms with Crippen molar-refractivity contribution < 1.29 is 9.32 Å². The van der Waals surface area contributed by atoms with Gasteiger partial charge in [-0.1, -0.05) is 12.1 Å². The van der Waals surface area contributed by atoms with Crippen molar-refractivity contribution in [3.63, 3.8) is 0 Å². The van der Waals surface area contributed by atoms with E-state index in [0.29, 0.717) is 13.1 Å². The molecule has 5 nitrogen and oxygen atoms in total. The van der Waals surface area contributed by atoms with Gasteiger partial charge in [-0.2, -0.15) is 0 Å². The van der Waals surface area contributed by atoms with E-state index in [0.717, 1.165) is 11.5 Å². The highest BCUT2D eigenvalue weighted by molar-refractivity contribution is 5.78. The van der Waals surface area contributed by atoms with Gasteiger partial charge in [-0.05, 0) is 6.92 Å². The number of nitrogens with two attached hydrogens (primary N) is 1.